The molecule has 0 atom stereocenters. The molecule has 0 spiro atoms. The summed E-state index contributed by atoms with van der Waals surface area (Å²) in [4.78, 5) is 16.0. The van der Waals surface area contributed by atoms with E-state index in [9.17, 15) is 4.79 Å². The van der Waals surface area contributed by atoms with E-state index in [1.807, 2.05) is 18.2 Å². The number of rotatable bonds is 3. The summed E-state index contributed by atoms with van der Waals surface area (Å²) in [5.74, 6) is 0.0252. The number of nitrogens with zero attached hydrogens (tertiary/aromatic N) is 1. The average molecular weight is 291 g/mol. The molecule has 4 heteroatoms. The number of Topliss-reactive ketones (excluding diaryl/α,β-unsaturated/α-hetero) is 1. The van der Waals surface area contributed by atoms with E-state index in [4.69, 9.17) is 5.73 Å². The van der Waals surface area contributed by atoms with Crippen molar-refractivity contribution < 1.29 is 4.79 Å². The second-order valence-corrected chi connectivity index (χ2v) is 4.51. The van der Waals surface area contributed by atoms with Crippen molar-refractivity contribution in [2.75, 3.05) is 5.73 Å². The number of carbonyl (C=O) groups excluding carboxylic acids is 1. The molecule has 86 valence electrons. The Balaban J connectivity index is 2.24. The Hall–Kier alpha value is -1.68. The molecule has 1 heterocycles. The Kier molecular flexibility index (Phi) is 3.54. The molecule has 0 unspecified atom stereocenters. The lowest BCUT2D eigenvalue weighted by Crippen LogP contribution is -2.06. The van der Waals surface area contributed by atoms with Crippen molar-refractivity contribution in [2.24, 2.45) is 0 Å². The average Bonchev–Trinajstić information content (AvgIpc) is 2.32. The molecule has 0 saturated heterocycles. The lowest BCUT2D eigenvalue weighted by atomic mass is 10.0. The summed E-state index contributed by atoms with van der Waals surface area (Å²) in [6.07, 6.45) is 3.51. The van der Waals surface area contributed by atoms with Gasteiger partial charge in [-0.15, -0.1) is 0 Å². The fourth-order valence-corrected chi connectivity index (χ4v) is 2.05. The number of nitrogens with two attached hydrogens (primary N) is 1. The molecule has 0 aliphatic rings. The van der Waals surface area contributed by atoms with Crippen LogP contribution < -0.4 is 5.73 Å². The van der Waals surface area contributed by atoms with E-state index >= 15 is 0 Å². The minimum Gasteiger partial charge on any atom is -0.398 e. The van der Waals surface area contributed by atoms with E-state index in [2.05, 4.69) is 20.9 Å². The third kappa shape index (κ3) is 2.71. The van der Waals surface area contributed by atoms with Gasteiger partial charge in [0.05, 0.1) is 0 Å². The van der Waals surface area contributed by atoms with Crippen molar-refractivity contribution in [3.8, 4) is 0 Å². The number of anilines is 1. The molecule has 0 aliphatic carbocycles. The molecule has 0 radical (unpaired) electrons. The molecule has 1 aromatic heterocycles. The highest BCUT2D eigenvalue weighted by Gasteiger charge is 2.11. The maximum absolute atomic E-state index is 12.1. The summed E-state index contributed by atoms with van der Waals surface area (Å²) in [7, 11) is 0. The molecule has 0 amide bonds. The van der Waals surface area contributed by atoms with Crippen LogP contribution in [0.15, 0.2) is 47.2 Å². The zero-order valence-electron chi connectivity index (χ0n) is 9.06. The zero-order chi connectivity index (χ0) is 12.3. The molecular weight excluding hydrogens is 280 g/mol. The fraction of sp³-hybridized carbons (Fsp3) is 0.0769. The predicted octanol–water partition coefficient (Wildman–Crippen LogP) is 2.85. The number of benzene rings is 1. The van der Waals surface area contributed by atoms with Crippen LogP contribution in [0.25, 0.3) is 0 Å². The highest BCUT2D eigenvalue weighted by atomic mass is 79.9. The van der Waals surface area contributed by atoms with Crippen molar-refractivity contribution in [3.05, 3.63) is 58.3 Å². The summed E-state index contributed by atoms with van der Waals surface area (Å²) < 4.78 is 0.799. The topological polar surface area (TPSA) is 56.0 Å². The van der Waals surface area contributed by atoms with Gasteiger partial charge in [-0.05, 0) is 12.1 Å². The standard InChI is InChI=1S/C13H11BrN2O/c14-11-4-2-1-3-10(11)13(17)7-9-8-16-6-5-12(9)15/h1-6,8H,7H2,(H2,15,16). The van der Waals surface area contributed by atoms with Crippen molar-refractivity contribution in [2.45, 2.75) is 6.42 Å². The summed E-state index contributed by atoms with van der Waals surface area (Å²) in [6.45, 7) is 0. The maximum Gasteiger partial charge on any atom is 0.168 e. The van der Waals surface area contributed by atoms with Gasteiger partial charge in [-0.25, -0.2) is 0 Å². The lowest BCUT2D eigenvalue weighted by molar-refractivity contribution is 0.0992. The quantitative estimate of drug-likeness (QED) is 0.885. The highest BCUT2D eigenvalue weighted by Crippen LogP contribution is 2.19. The molecule has 2 rings (SSSR count). The van der Waals surface area contributed by atoms with Crippen LogP contribution in [0, 0.1) is 0 Å². The van der Waals surface area contributed by atoms with Crippen LogP contribution in [0.3, 0.4) is 0 Å². The van der Waals surface area contributed by atoms with Crippen molar-refractivity contribution >= 4 is 27.4 Å². The second kappa shape index (κ2) is 5.10. The second-order valence-electron chi connectivity index (χ2n) is 3.65. The third-order valence-corrected chi connectivity index (χ3v) is 3.16. The van der Waals surface area contributed by atoms with Crippen LogP contribution in [0.2, 0.25) is 0 Å². The maximum atomic E-state index is 12.1. The van der Waals surface area contributed by atoms with E-state index in [1.165, 1.54) is 0 Å². The number of hydrogen-bond acceptors (Lipinski definition) is 3. The van der Waals surface area contributed by atoms with E-state index in [0.717, 1.165) is 10.0 Å². The number of pyridine rings is 1. The van der Waals surface area contributed by atoms with Crippen LogP contribution in [0.4, 0.5) is 5.69 Å². The molecule has 1 aromatic carbocycles. The van der Waals surface area contributed by atoms with Gasteiger partial charge in [-0.2, -0.15) is 0 Å². The van der Waals surface area contributed by atoms with E-state index in [1.54, 1.807) is 24.5 Å². The molecule has 2 aromatic rings. The van der Waals surface area contributed by atoms with Crippen molar-refractivity contribution in [1.82, 2.24) is 4.98 Å². The zero-order valence-corrected chi connectivity index (χ0v) is 10.6. The molecule has 0 saturated carbocycles. The van der Waals surface area contributed by atoms with Crippen molar-refractivity contribution in [3.63, 3.8) is 0 Å². The Morgan fingerprint density at radius 1 is 1.29 bits per heavy atom. The number of carbonyl (C=O) groups is 1. The van der Waals surface area contributed by atoms with Crippen LogP contribution in [-0.2, 0) is 6.42 Å². The van der Waals surface area contributed by atoms with Crippen LogP contribution in [-0.4, -0.2) is 10.8 Å². The Morgan fingerprint density at radius 2 is 2.06 bits per heavy atom. The molecule has 2 N–H and O–H groups in total. The fourth-order valence-electron chi connectivity index (χ4n) is 1.54. The molecule has 3 nitrogen and oxygen atoms in total. The first kappa shape index (κ1) is 11.8. The highest BCUT2D eigenvalue weighted by molar-refractivity contribution is 9.10. The normalized spacial score (nSPS) is 10.2. The smallest absolute Gasteiger partial charge is 0.168 e. The first-order valence-corrected chi connectivity index (χ1v) is 5.94. The predicted molar refractivity (Wildman–Crippen MR) is 70.8 cm³/mol. The van der Waals surface area contributed by atoms with E-state index < -0.39 is 0 Å². The van der Waals surface area contributed by atoms with E-state index in [-0.39, 0.29) is 12.2 Å². The lowest BCUT2D eigenvalue weighted by Gasteiger charge is -2.05. The van der Waals surface area contributed by atoms with Crippen LogP contribution in [0.1, 0.15) is 15.9 Å². The number of halogens is 1. The summed E-state index contributed by atoms with van der Waals surface area (Å²) in [5, 5.41) is 0. The monoisotopic (exact) mass is 290 g/mol. The number of aromatic nitrogens is 1. The van der Waals surface area contributed by atoms with Gasteiger partial charge in [0.25, 0.3) is 0 Å². The SMILES string of the molecule is Nc1ccncc1CC(=O)c1ccccc1Br. The third-order valence-electron chi connectivity index (χ3n) is 2.47. The molecule has 17 heavy (non-hydrogen) atoms. The number of ketones is 1. The van der Waals surface area contributed by atoms with Gasteiger partial charge in [0, 0.05) is 40.1 Å². The minimum absolute atomic E-state index is 0.0252. The molecule has 0 aliphatic heterocycles. The Bertz CT molecular complexity index is 555. The molecule has 0 fully saturated rings. The summed E-state index contributed by atoms with van der Waals surface area (Å²) in [5.41, 5.74) is 7.80. The van der Waals surface area contributed by atoms with Crippen LogP contribution in [0.5, 0.6) is 0 Å². The number of nitrogen functional groups attached to an aromatic ring is 1. The van der Waals surface area contributed by atoms with Gasteiger partial charge in [0.1, 0.15) is 0 Å². The first-order valence-electron chi connectivity index (χ1n) is 5.14. The van der Waals surface area contributed by atoms with E-state index in [0.29, 0.717) is 11.3 Å². The minimum atomic E-state index is 0.0252. The van der Waals surface area contributed by atoms with Gasteiger partial charge in [0.15, 0.2) is 5.78 Å². The number of hydrogen-bond donors (Lipinski definition) is 1. The van der Waals surface area contributed by atoms with Crippen molar-refractivity contribution in [1.29, 1.82) is 0 Å². The van der Waals surface area contributed by atoms with Gasteiger partial charge < -0.3 is 5.73 Å². The van der Waals surface area contributed by atoms with Gasteiger partial charge >= 0.3 is 0 Å². The van der Waals surface area contributed by atoms with Gasteiger partial charge in [-0.1, -0.05) is 34.1 Å². The summed E-state index contributed by atoms with van der Waals surface area (Å²) >= 11 is 3.36. The first-order chi connectivity index (χ1) is 8.18. The molecule has 0 bridgehead atoms. The van der Waals surface area contributed by atoms with Gasteiger partial charge in [-0.3, -0.25) is 9.78 Å². The Morgan fingerprint density at radius 3 is 2.76 bits per heavy atom. The largest absolute Gasteiger partial charge is 0.398 e. The Labute approximate surface area is 108 Å². The molecular formula is C13H11BrN2O. The summed E-state index contributed by atoms with van der Waals surface area (Å²) in [6, 6.07) is 9.05. The van der Waals surface area contributed by atoms with Crippen LogP contribution >= 0.6 is 15.9 Å². The van der Waals surface area contributed by atoms with Gasteiger partial charge in [0.2, 0.25) is 0 Å².